The summed E-state index contributed by atoms with van der Waals surface area (Å²) in [6.45, 7) is 6.27. The molecule has 5 nitrogen and oxygen atoms in total. The number of carbonyl (C=O) groups excluding carboxylic acids is 1. The summed E-state index contributed by atoms with van der Waals surface area (Å²) in [6, 6.07) is 7.66. The molecule has 0 aliphatic heterocycles. The first-order chi connectivity index (χ1) is 12.6. The summed E-state index contributed by atoms with van der Waals surface area (Å²) < 4.78 is 10.8. The fraction of sp³-hybridized carbons (Fsp3) is 0.381. The molecule has 0 saturated carbocycles. The number of hydrogen-bond acceptors (Lipinski definition) is 4. The number of rotatable bonds is 9. The van der Waals surface area contributed by atoms with Gasteiger partial charge in [-0.25, -0.2) is 0 Å². The monoisotopic (exact) mass is 356 g/mol. The molecule has 0 unspecified atom stereocenters. The van der Waals surface area contributed by atoms with Gasteiger partial charge in [-0.1, -0.05) is 36.8 Å². The van der Waals surface area contributed by atoms with E-state index >= 15 is 0 Å². The third-order valence-electron chi connectivity index (χ3n) is 4.13. The van der Waals surface area contributed by atoms with Gasteiger partial charge in [-0.3, -0.25) is 4.79 Å². The summed E-state index contributed by atoms with van der Waals surface area (Å²) in [6.07, 6.45) is 7.26. The molecule has 0 atom stereocenters. The van der Waals surface area contributed by atoms with E-state index in [9.17, 15) is 4.79 Å². The van der Waals surface area contributed by atoms with Gasteiger partial charge < -0.3 is 20.5 Å². The van der Waals surface area contributed by atoms with Crippen LogP contribution in [0.15, 0.2) is 59.3 Å². The lowest BCUT2D eigenvalue weighted by Crippen LogP contribution is -2.26. The van der Waals surface area contributed by atoms with E-state index in [1.165, 1.54) is 5.57 Å². The van der Waals surface area contributed by atoms with Gasteiger partial charge in [-0.15, -0.1) is 0 Å². The van der Waals surface area contributed by atoms with Crippen molar-refractivity contribution in [2.75, 3.05) is 19.8 Å². The van der Waals surface area contributed by atoms with Crippen LogP contribution in [-0.2, 0) is 16.1 Å². The Morgan fingerprint density at radius 1 is 1.19 bits per heavy atom. The fourth-order valence-electron chi connectivity index (χ4n) is 2.59. The molecule has 1 aliphatic rings. The number of nitrogens with one attached hydrogen (secondary N) is 1. The summed E-state index contributed by atoms with van der Waals surface area (Å²) in [7, 11) is 0. The molecule has 26 heavy (non-hydrogen) atoms. The third-order valence-corrected chi connectivity index (χ3v) is 4.13. The summed E-state index contributed by atoms with van der Waals surface area (Å²) in [5, 5.41) is 2.93. The van der Waals surface area contributed by atoms with Crippen LogP contribution in [0, 0.1) is 0 Å². The highest BCUT2D eigenvalue weighted by Crippen LogP contribution is 2.19. The van der Waals surface area contributed by atoms with Crippen LogP contribution >= 0.6 is 0 Å². The number of allylic oxidation sites excluding steroid dienone is 3. The first-order valence-corrected chi connectivity index (χ1v) is 9.06. The molecular weight excluding hydrogens is 328 g/mol. The lowest BCUT2D eigenvalue weighted by Gasteiger charge is -2.10. The van der Waals surface area contributed by atoms with E-state index < -0.39 is 0 Å². The predicted molar refractivity (Wildman–Crippen MR) is 104 cm³/mol. The molecule has 5 heteroatoms. The van der Waals surface area contributed by atoms with Gasteiger partial charge in [0.1, 0.15) is 12.4 Å². The Labute approximate surface area is 155 Å². The second-order valence-corrected chi connectivity index (χ2v) is 6.03. The first-order valence-electron chi connectivity index (χ1n) is 9.06. The SMILES string of the molecule is CCOCCOc1ccc(CNC(=O)C2=C(N)CC(CC)=CC=C2)cc1. The highest BCUT2D eigenvalue weighted by molar-refractivity contribution is 5.97. The van der Waals surface area contributed by atoms with Gasteiger partial charge in [0.05, 0.1) is 12.2 Å². The van der Waals surface area contributed by atoms with Gasteiger partial charge in [-0.2, -0.15) is 0 Å². The predicted octanol–water partition coefficient (Wildman–Crippen LogP) is 3.23. The molecule has 1 aromatic rings. The minimum Gasteiger partial charge on any atom is -0.491 e. The molecule has 0 aromatic heterocycles. The molecule has 2 rings (SSSR count). The average molecular weight is 356 g/mol. The maximum atomic E-state index is 12.4. The number of nitrogens with two attached hydrogens (primary N) is 1. The van der Waals surface area contributed by atoms with Crippen LogP contribution in [0.3, 0.4) is 0 Å². The van der Waals surface area contributed by atoms with Crippen molar-refractivity contribution in [2.45, 2.75) is 33.2 Å². The van der Waals surface area contributed by atoms with E-state index in [0.29, 0.717) is 44.1 Å². The van der Waals surface area contributed by atoms with Crippen molar-refractivity contribution < 1.29 is 14.3 Å². The summed E-state index contributed by atoms with van der Waals surface area (Å²) >= 11 is 0. The second-order valence-electron chi connectivity index (χ2n) is 6.03. The van der Waals surface area contributed by atoms with Gasteiger partial charge in [0, 0.05) is 25.3 Å². The zero-order chi connectivity index (χ0) is 18.8. The van der Waals surface area contributed by atoms with Crippen LogP contribution in [0.2, 0.25) is 0 Å². The fourth-order valence-corrected chi connectivity index (χ4v) is 2.59. The molecule has 0 spiro atoms. The van der Waals surface area contributed by atoms with E-state index in [0.717, 1.165) is 17.7 Å². The third kappa shape index (κ3) is 6.08. The van der Waals surface area contributed by atoms with Crippen LogP contribution in [0.5, 0.6) is 5.75 Å². The molecule has 0 saturated heterocycles. The molecule has 0 radical (unpaired) electrons. The molecule has 1 aliphatic carbocycles. The van der Waals surface area contributed by atoms with Crippen molar-refractivity contribution >= 4 is 5.91 Å². The summed E-state index contributed by atoms with van der Waals surface area (Å²) in [4.78, 5) is 12.4. The second kappa shape index (κ2) is 10.5. The van der Waals surface area contributed by atoms with E-state index in [-0.39, 0.29) is 5.91 Å². The van der Waals surface area contributed by atoms with E-state index in [1.54, 1.807) is 6.08 Å². The van der Waals surface area contributed by atoms with Crippen molar-refractivity contribution in [3.63, 3.8) is 0 Å². The smallest absolute Gasteiger partial charge is 0.253 e. The maximum Gasteiger partial charge on any atom is 0.253 e. The molecule has 0 bridgehead atoms. The first kappa shape index (κ1) is 19.8. The average Bonchev–Trinajstić information content (AvgIpc) is 2.85. The number of benzene rings is 1. The topological polar surface area (TPSA) is 73.6 Å². The van der Waals surface area contributed by atoms with Crippen molar-refractivity contribution in [2.24, 2.45) is 5.73 Å². The Bertz CT molecular complexity index is 688. The van der Waals surface area contributed by atoms with Gasteiger partial charge in [0.25, 0.3) is 5.91 Å². The highest BCUT2D eigenvalue weighted by atomic mass is 16.5. The van der Waals surface area contributed by atoms with Gasteiger partial charge in [-0.05, 0) is 37.1 Å². The van der Waals surface area contributed by atoms with Gasteiger partial charge in [0.2, 0.25) is 0 Å². The van der Waals surface area contributed by atoms with Crippen molar-refractivity contribution in [1.82, 2.24) is 5.32 Å². The van der Waals surface area contributed by atoms with Gasteiger partial charge >= 0.3 is 0 Å². The van der Waals surface area contributed by atoms with Crippen LogP contribution in [0.1, 0.15) is 32.3 Å². The Hall–Kier alpha value is -2.53. The number of amides is 1. The number of ether oxygens (including phenoxy) is 2. The molecule has 0 fully saturated rings. The highest BCUT2D eigenvalue weighted by Gasteiger charge is 2.13. The van der Waals surface area contributed by atoms with Crippen LogP contribution in [-0.4, -0.2) is 25.7 Å². The Morgan fingerprint density at radius 2 is 1.96 bits per heavy atom. The van der Waals surface area contributed by atoms with Crippen LogP contribution in [0.25, 0.3) is 0 Å². The standard InChI is InChI=1S/C21H28N2O3/c1-3-16-6-5-7-19(20(22)14-16)21(24)23-15-17-8-10-18(11-9-17)26-13-12-25-4-2/h5-11H,3-4,12-15,22H2,1-2H3,(H,23,24). The molecule has 1 aromatic carbocycles. The van der Waals surface area contributed by atoms with E-state index in [4.69, 9.17) is 15.2 Å². The van der Waals surface area contributed by atoms with Crippen molar-refractivity contribution in [3.8, 4) is 5.75 Å². The molecule has 3 N–H and O–H groups in total. The minimum atomic E-state index is -0.151. The maximum absolute atomic E-state index is 12.4. The largest absolute Gasteiger partial charge is 0.491 e. The lowest BCUT2D eigenvalue weighted by molar-refractivity contribution is -0.117. The summed E-state index contributed by atoms with van der Waals surface area (Å²) in [5.74, 6) is 0.637. The van der Waals surface area contributed by atoms with E-state index in [2.05, 4.69) is 12.2 Å². The lowest BCUT2D eigenvalue weighted by atomic mass is 10.1. The Morgan fingerprint density at radius 3 is 2.65 bits per heavy atom. The molecule has 0 heterocycles. The quantitative estimate of drug-likeness (QED) is 0.666. The Kier molecular flexibility index (Phi) is 7.96. The van der Waals surface area contributed by atoms with Crippen molar-refractivity contribution in [3.05, 3.63) is 64.9 Å². The van der Waals surface area contributed by atoms with Crippen LogP contribution < -0.4 is 15.8 Å². The molecular formula is C21H28N2O3. The zero-order valence-electron chi connectivity index (χ0n) is 15.6. The number of carbonyl (C=O) groups is 1. The van der Waals surface area contributed by atoms with Crippen LogP contribution in [0.4, 0.5) is 0 Å². The normalized spacial score (nSPS) is 14.0. The Balaban J connectivity index is 1.85. The van der Waals surface area contributed by atoms with Crippen molar-refractivity contribution in [1.29, 1.82) is 0 Å². The molecule has 1 amide bonds. The summed E-state index contributed by atoms with van der Waals surface area (Å²) in [5.41, 5.74) is 9.48. The van der Waals surface area contributed by atoms with Gasteiger partial charge in [0.15, 0.2) is 0 Å². The molecule has 140 valence electrons. The minimum absolute atomic E-state index is 0.151. The zero-order valence-corrected chi connectivity index (χ0v) is 15.6. The number of hydrogen-bond donors (Lipinski definition) is 2. The van der Waals surface area contributed by atoms with E-state index in [1.807, 2.05) is 43.3 Å².